The topological polar surface area (TPSA) is 75.4 Å². The molecule has 0 radical (unpaired) electrons. The highest BCUT2D eigenvalue weighted by molar-refractivity contribution is 7.14. The van der Waals surface area contributed by atoms with Gasteiger partial charge in [0, 0.05) is 30.0 Å². The first-order valence-corrected chi connectivity index (χ1v) is 10.5. The Morgan fingerprint density at radius 3 is 2.74 bits per heavy atom. The Hall–Kier alpha value is -2.15. The number of fused-ring (bicyclic) bond motifs is 1. The van der Waals surface area contributed by atoms with Crippen molar-refractivity contribution in [2.24, 2.45) is 11.8 Å². The highest BCUT2D eigenvalue weighted by Gasteiger charge is 2.30. The van der Waals surface area contributed by atoms with Crippen LogP contribution in [0.2, 0.25) is 0 Å². The van der Waals surface area contributed by atoms with Crippen molar-refractivity contribution in [1.29, 1.82) is 0 Å². The Bertz CT molecular complexity index is 849. The summed E-state index contributed by atoms with van der Waals surface area (Å²) in [6.07, 6.45) is 4.75. The second-order valence-electron chi connectivity index (χ2n) is 7.79. The van der Waals surface area contributed by atoms with Gasteiger partial charge in [0.05, 0.1) is 4.88 Å². The van der Waals surface area contributed by atoms with Gasteiger partial charge in [0.2, 0.25) is 5.91 Å². The van der Waals surface area contributed by atoms with Gasteiger partial charge < -0.3 is 14.7 Å². The van der Waals surface area contributed by atoms with E-state index in [4.69, 9.17) is 4.52 Å². The number of likely N-dealkylation sites (tertiary alicyclic amines) is 1. The minimum Gasteiger partial charge on any atom is -0.360 e. The average molecular weight is 388 g/mol. The van der Waals surface area contributed by atoms with E-state index < -0.39 is 0 Å². The van der Waals surface area contributed by atoms with Crippen molar-refractivity contribution in [2.45, 2.75) is 46.0 Å². The molecule has 7 heteroatoms. The number of hydrogen-bond acceptors (Lipinski definition) is 5. The van der Waals surface area contributed by atoms with Crippen LogP contribution in [0.15, 0.2) is 16.7 Å². The lowest BCUT2D eigenvalue weighted by Crippen LogP contribution is -2.41. The maximum atomic E-state index is 12.9. The molecule has 1 atom stereocenters. The monoisotopic (exact) mass is 387 g/mol. The molecule has 0 aromatic carbocycles. The Morgan fingerprint density at radius 2 is 2.04 bits per heavy atom. The van der Waals surface area contributed by atoms with Gasteiger partial charge in [0.15, 0.2) is 5.82 Å². The predicted octanol–water partition coefficient (Wildman–Crippen LogP) is 3.66. The van der Waals surface area contributed by atoms with E-state index in [-0.39, 0.29) is 17.7 Å². The summed E-state index contributed by atoms with van der Waals surface area (Å²) in [7, 11) is 0. The lowest BCUT2D eigenvalue weighted by molar-refractivity contribution is -0.121. The zero-order chi connectivity index (χ0) is 19.0. The molecule has 4 rings (SSSR count). The van der Waals surface area contributed by atoms with Crippen molar-refractivity contribution in [3.63, 3.8) is 0 Å². The fourth-order valence-electron chi connectivity index (χ4n) is 3.97. The van der Waals surface area contributed by atoms with E-state index in [1.54, 1.807) is 24.3 Å². The van der Waals surface area contributed by atoms with Crippen molar-refractivity contribution in [3.05, 3.63) is 33.2 Å². The molecule has 1 aliphatic carbocycles. The third kappa shape index (κ3) is 3.93. The van der Waals surface area contributed by atoms with Crippen molar-refractivity contribution < 1.29 is 14.1 Å². The summed E-state index contributed by atoms with van der Waals surface area (Å²) in [4.78, 5) is 29.4. The standard InChI is InChI=1S/C20H25N3O3S/c1-12-3-4-16-15(9-12)11-17(27-16)20(25)23-7-5-14(6-8-23)19(24)21-18-10-13(2)26-22-18/h10-12,14H,3-9H2,1-2H3,(H,21,22,24). The Labute approximate surface area is 162 Å². The second kappa shape index (κ2) is 7.46. The normalized spacial score (nSPS) is 20.4. The van der Waals surface area contributed by atoms with E-state index in [1.807, 2.05) is 4.90 Å². The highest BCUT2D eigenvalue weighted by atomic mass is 32.1. The first-order valence-electron chi connectivity index (χ1n) is 9.64. The summed E-state index contributed by atoms with van der Waals surface area (Å²) in [6.45, 7) is 5.30. The number of carbonyl (C=O) groups excluding carboxylic acids is 2. The number of nitrogens with zero attached hydrogens (tertiary/aromatic N) is 2. The first-order chi connectivity index (χ1) is 13.0. The summed E-state index contributed by atoms with van der Waals surface area (Å²) in [5.41, 5.74) is 1.36. The summed E-state index contributed by atoms with van der Waals surface area (Å²) in [5, 5.41) is 6.60. The molecular weight excluding hydrogens is 362 g/mol. The molecule has 1 N–H and O–H groups in total. The predicted molar refractivity (Wildman–Crippen MR) is 104 cm³/mol. The van der Waals surface area contributed by atoms with Crippen LogP contribution < -0.4 is 5.32 Å². The van der Waals surface area contributed by atoms with Crippen LogP contribution in [0.5, 0.6) is 0 Å². The molecule has 6 nitrogen and oxygen atoms in total. The fourth-order valence-corrected chi connectivity index (χ4v) is 5.14. The van der Waals surface area contributed by atoms with Gasteiger partial charge in [0.25, 0.3) is 5.91 Å². The molecule has 1 fully saturated rings. The van der Waals surface area contributed by atoms with E-state index in [0.29, 0.717) is 43.4 Å². The lowest BCUT2D eigenvalue weighted by Gasteiger charge is -2.30. The lowest BCUT2D eigenvalue weighted by atomic mass is 9.90. The minimum atomic E-state index is -0.0940. The number of thiophene rings is 1. The number of carbonyl (C=O) groups is 2. The van der Waals surface area contributed by atoms with Gasteiger partial charge in [-0.2, -0.15) is 0 Å². The zero-order valence-electron chi connectivity index (χ0n) is 15.8. The number of amides is 2. The van der Waals surface area contributed by atoms with E-state index >= 15 is 0 Å². The molecule has 144 valence electrons. The first kappa shape index (κ1) is 18.2. The molecule has 2 aromatic rings. The van der Waals surface area contributed by atoms with E-state index in [0.717, 1.165) is 17.7 Å². The van der Waals surface area contributed by atoms with Crippen LogP contribution in [0.3, 0.4) is 0 Å². The molecule has 3 heterocycles. The van der Waals surface area contributed by atoms with Crippen molar-refractivity contribution in [2.75, 3.05) is 18.4 Å². The van der Waals surface area contributed by atoms with Gasteiger partial charge >= 0.3 is 0 Å². The average Bonchev–Trinajstić information content (AvgIpc) is 3.26. The van der Waals surface area contributed by atoms with E-state index in [2.05, 4.69) is 23.5 Å². The molecule has 0 bridgehead atoms. The summed E-state index contributed by atoms with van der Waals surface area (Å²) in [6, 6.07) is 3.81. The van der Waals surface area contributed by atoms with Crippen LogP contribution >= 0.6 is 11.3 Å². The number of aryl methyl sites for hydroxylation is 2. The van der Waals surface area contributed by atoms with Crippen LogP contribution in [0, 0.1) is 18.8 Å². The summed E-state index contributed by atoms with van der Waals surface area (Å²) in [5.74, 6) is 1.80. The Balaban J connectivity index is 1.33. The fraction of sp³-hybridized carbons (Fsp3) is 0.550. The summed E-state index contributed by atoms with van der Waals surface area (Å²) >= 11 is 1.66. The van der Waals surface area contributed by atoms with Gasteiger partial charge in [-0.05, 0) is 56.6 Å². The van der Waals surface area contributed by atoms with Gasteiger partial charge in [-0.15, -0.1) is 11.3 Å². The number of aromatic nitrogens is 1. The number of rotatable bonds is 3. The van der Waals surface area contributed by atoms with Gasteiger partial charge in [-0.25, -0.2) is 0 Å². The van der Waals surface area contributed by atoms with Gasteiger partial charge in [0.1, 0.15) is 5.76 Å². The Kier molecular flexibility index (Phi) is 5.04. The van der Waals surface area contributed by atoms with Gasteiger partial charge in [-0.3, -0.25) is 9.59 Å². The van der Waals surface area contributed by atoms with Crippen LogP contribution in [0.25, 0.3) is 0 Å². The summed E-state index contributed by atoms with van der Waals surface area (Å²) < 4.78 is 4.97. The number of anilines is 1. The minimum absolute atomic E-state index is 0.0454. The third-order valence-electron chi connectivity index (χ3n) is 5.57. The smallest absolute Gasteiger partial charge is 0.263 e. The van der Waals surface area contributed by atoms with Crippen LogP contribution in [0.4, 0.5) is 5.82 Å². The van der Waals surface area contributed by atoms with Crippen LogP contribution in [0.1, 0.15) is 52.1 Å². The highest BCUT2D eigenvalue weighted by Crippen LogP contribution is 2.33. The second-order valence-corrected chi connectivity index (χ2v) is 8.92. The third-order valence-corrected chi connectivity index (χ3v) is 6.80. The largest absolute Gasteiger partial charge is 0.360 e. The molecule has 2 aromatic heterocycles. The molecule has 27 heavy (non-hydrogen) atoms. The van der Waals surface area contributed by atoms with Crippen molar-refractivity contribution in [1.82, 2.24) is 10.1 Å². The molecule has 0 saturated carbocycles. The van der Waals surface area contributed by atoms with E-state index in [1.165, 1.54) is 16.9 Å². The Morgan fingerprint density at radius 1 is 1.26 bits per heavy atom. The van der Waals surface area contributed by atoms with Gasteiger partial charge in [-0.1, -0.05) is 12.1 Å². The zero-order valence-corrected chi connectivity index (χ0v) is 16.6. The van der Waals surface area contributed by atoms with Crippen LogP contribution in [-0.4, -0.2) is 35.0 Å². The number of piperidine rings is 1. The van der Waals surface area contributed by atoms with Crippen LogP contribution in [-0.2, 0) is 17.6 Å². The molecule has 1 saturated heterocycles. The van der Waals surface area contributed by atoms with E-state index in [9.17, 15) is 9.59 Å². The molecule has 1 unspecified atom stereocenters. The number of nitrogens with one attached hydrogen (secondary N) is 1. The molecule has 1 aliphatic heterocycles. The van der Waals surface area contributed by atoms with Crippen molar-refractivity contribution in [3.8, 4) is 0 Å². The maximum absolute atomic E-state index is 12.9. The van der Waals surface area contributed by atoms with Crippen molar-refractivity contribution >= 4 is 29.0 Å². The quantitative estimate of drug-likeness (QED) is 0.872. The SMILES string of the molecule is Cc1cc(NC(=O)C2CCN(C(=O)c3cc4c(s3)CCC(C)C4)CC2)no1. The molecule has 2 amide bonds. The maximum Gasteiger partial charge on any atom is 0.263 e. The molecule has 2 aliphatic rings. The number of hydrogen-bond donors (Lipinski definition) is 1. The molecular formula is C20H25N3O3S. The molecule has 0 spiro atoms.